The van der Waals surface area contributed by atoms with Crippen LogP contribution in [0.3, 0.4) is 0 Å². The number of furan rings is 1. The van der Waals surface area contributed by atoms with Gasteiger partial charge in [0.25, 0.3) is 5.91 Å². The lowest BCUT2D eigenvalue weighted by Gasteiger charge is -2.31. The zero-order chi connectivity index (χ0) is 21.5. The van der Waals surface area contributed by atoms with Crippen molar-refractivity contribution in [3.63, 3.8) is 0 Å². The number of rotatable bonds is 9. The molecule has 1 saturated heterocycles. The summed E-state index contributed by atoms with van der Waals surface area (Å²) in [6, 6.07) is 5.44. The highest BCUT2D eigenvalue weighted by atomic mass is 16.3. The number of hydrogen-bond donors (Lipinski definition) is 2. The van der Waals surface area contributed by atoms with Crippen LogP contribution in [0.15, 0.2) is 22.6 Å². The summed E-state index contributed by atoms with van der Waals surface area (Å²) in [5.41, 5.74) is 1.06. The second kappa shape index (κ2) is 10.4. The molecule has 30 heavy (non-hydrogen) atoms. The zero-order valence-electron chi connectivity index (χ0n) is 18.2. The van der Waals surface area contributed by atoms with E-state index in [1.807, 2.05) is 19.1 Å². The molecule has 0 spiro atoms. The third-order valence-electron chi connectivity index (χ3n) is 5.80. The molecule has 0 aliphatic carbocycles. The number of nitrogens with zero attached hydrogens (tertiary/aromatic N) is 3. The lowest BCUT2D eigenvalue weighted by molar-refractivity contribution is -0.126. The molecule has 2 aromatic heterocycles. The first-order valence-corrected chi connectivity index (χ1v) is 10.9. The SMILES string of the molecule is CCN(CC)CCCNC(=O)C1CCN(C(=O)c2cc(-c3ccc(C)o3)[nH]n2)CC1. The van der Waals surface area contributed by atoms with Gasteiger partial charge in [-0.05, 0) is 58.0 Å². The highest BCUT2D eigenvalue weighted by Crippen LogP contribution is 2.23. The van der Waals surface area contributed by atoms with E-state index in [1.165, 1.54) is 0 Å². The van der Waals surface area contributed by atoms with Crippen LogP contribution in [0.2, 0.25) is 0 Å². The summed E-state index contributed by atoms with van der Waals surface area (Å²) >= 11 is 0. The van der Waals surface area contributed by atoms with Crippen molar-refractivity contribution in [2.24, 2.45) is 5.92 Å². The number of nitrogens with one attached hydrogen (secondary N) is 2. The first-order valence-electron chi connectivity index (χ1n) is 10.9. The molecule has 2 N–H and O–H groups in total. The second-order valence-corrected chi connectivity index (χ2v) is 7.82. The average Bonchev–Trinajstić information content (AvgIpc) is 3.42. The third-order valence-corrected chi connectivity index (χ3v) is 5.80. The Labute approximate surface area is 178 Å². The van der Waals surface area contributed by atoms with E-state index >= 15 is 0 Å². The Morgan fingerprint density at radius 1 is 1.27 bits per heavy atom. The highest BCUT2D eigenvalue weighted by molar-refractivity contribution is 5.93. The monoisotopic (exact) mass is 415 g/mol. The van der Waals surface area contributed by atoms with E-state index in [9.17, 15) is 9.59 Å². The number of aryl methyl sites for hydroxylation is 1. The number of piperidine rings is 1. The van der Waals surface area contributed by atoms with Gasteiger partial charge in [-0.15, -0.1) is 0 Å². The fourth-order valence-corrected chi connectivity index (χ4v) is 3.84. The summed E-state index contributed by atoms with van der Waals surface area (Å²) in [5, 5.41) is 10.1. The van der Waals surface area contributed by atoms with Crippen molar-refractivity contribution in [1.29, 1.82) is 0 Å². The van der Waals surface area contributed by atoms with Crippen LogP contribution in [-0.4, -0.2) is 71.1 Å². The minimum absolute atomic E-state index is 0.0247. The van der Waals surface area contributed by atoms with Crippen LogP contribution in [0.25, 0.3) is 11.5 Å². The lowest BCUT2D eigenvalue weighted by Crippen LogP contribution is -2.43. The number of likely N-dealkylation sites (tertiary alicyclic amines) is 1. The number of amides is 2. The van der Waals surface area contributed by atoms with Crippen molar-refractivity contribution in [1.82, 2.24) is 25.3 Å². The Kier molecular flexibility index (Phi) is 7.68. The van der Waals surface area contributed by atoms with Gasteiger partial charge >= 0.3 is 0 Å². The molecule has 1 aliphatic heterocycles. The number of aromatic amines is 1. The Morgan fingerprint density at radius 2 is 2.00 bits per heavy atom. The molecular formula is C22H33N5O3. The van der Waals surface area contributed by atoms with Gasteiger partial charge in [0.05, 0.1) is 0 Å². The van der Waals surface area contributed by atoms with Gasteiger partial charge in [0.2, 0.25) is 5.91 Å². The van der Waals surface area contributed by atoms with Crippen molar-refractivity contribution >= 4 is 11.8 Å². The summed E-state index contributed by atoms with van der Waals surface area (Å²) in [6.45, 7) is 11.1. The first kappa shape index (κ1) is 22.1. The quantitative estimate of drug-likeness (QED) is 0.614. The Bertz CT molecular complexity index is 831. The predicted octanol–water partition coefficient (Wildman–Crippen LogP) is 2.68. The maximum absolute atomic E-state index is 12.8. The average molecular weight is 416 g/mol. The molecule has 3 rings (SSSR count). The fourth-order valence-electron chi connectivity index (χ4n) is 3.84. The molecule has 0 saturated carbocycles. The van der Waals surface area contributed by atoms with Crippen LogP contribution in [0.1, 0.15) is 49.4 Å². The van der Waals surface area contributed by atoms with Crippen molar-refractivity contribution < 1.29 is 14.0 Å². The minimum atomic E-state index is -0.112. The number of carbonyl (C=O) groups excluding carboxylic acids is 2. The van der Waals surface area contributed by atoms with Crippen LogP contribution in [-0.2, 0) is 4.79 Å². The van der Waals surface area contributed by atoms with E-state index in [-0.39, 0.29) is 17.7 Å². The molecule has 2 amide bonds. The van der Waals surface area contributed by atoms with Crippen LogP contribution in [0.5, 0.6) is 0 Å². The molecular weight excluding hydrogens is 382 g/mol. The summed E-state index contributed by atoms with van der Waals surface area (Å²) in [7, 11) is 0. The van der Waals surface area contributed by atoms with Crippen molar-refractivity contribution in [2.45, 2.75) is 40.0 Å². The number of carbonyl (C=O) groups is 2. The minimum Gasteiger partial charge on any atom is -0.460 e. The Morgan fingerprint density at radius 3 is 2.63 bits per heavy atom. The molecule has 1 fully saturated rings. The predicted molar refractivity (Wildman–Crippen MR) is 115 cm³/mol. The topological polar surface area (TPSA) is 94.5 Å². The maximum atomic E-state index is 12.8. The molecule has 0 unspecified atom stereocenters. The molecule has 0 aromatic carbocycles. The van der Waals surface area contributed by atoms with Crippen LogP contribution in [0.4, 0.5) is 0 Å². The van der Waals surface area contributed by atoms with E-state index in [2.05, 4.69) is 34.3 Å². The van der Waals surface area contributed by atoms with Gasteiger partial charge in [-0.2, -0.15) is 5.10 Å². The smallest absolute Gasteiger partial charge is 0.274 e. The van der Waals surface area contributed by atoms with Crippen LogP contribution >= 0.6 is 0 Å². The van der Waals surface area contributed by atoms with E-state index < -0.39 is 0 Å². The van der Waals surface area contributed by atoms with Crippen molar-refractivity contribution in [2.75, 3.05) is 39.3 Å². The Balaban J connectivity index is 1.43. The zero-order valence-corrected chi connectivity index (χ0v) is 18.2. The molecule has 1 aliphatic rings. The summed E-state index contributed by atoms with van der Waals surface area (Å²) in [5.74, 6) is 1.44. The van der Waals surface area contributed by atoms with Gasteiger partial charge in [0.1, 0.15) is 11.5 Å². The van der Waals surface area contributed by atoms with Gasteiger partial charge in [0, 0.05) is 31.6 Å². The van der Waals surface area contributed by atoms with Gasteiger partial charge in [0.15, 0.2) is 11.5 Å². The van der Waals surface area contributed by atoms with Crippen LogP contribution < -0.4 is 5.32 Å². The fraction of sp³-hybridized carbons (Fsp3) is 0.591. The molecule has 0 radical (unpaired) electrons. The molecule has 2 aromatic rings. The molecule has 8 nitrogen and oxygen atoms in total. The standard InChI is InChI=1S/C22H33N5O3/c1-4-26(5-2)12-6-11-23-21(28)17-9-13-27(14-10-17)22(29)19-15-18(24-25-19)20-8-7-16(3)30-20/h7-8,15,17H,4-6,9-14H2,1-3H3,(H,23,28)(H,24,25). The number of aromatic nitrogens is 2. The van der Waals surface area contributed by atoms with Crippen molar-refractivity contribution in [3.05, 3.63) is 29.7 Å². The molecule has 8 heteroatoms. The maximum Gasteiger partial charge on any atom is 0.274 e. The van der Waals surface area contributed by atoms with E-state index in [1.54, 1.807) is 11.0 Å². The Hall–Kier alpha value is -2.61. The second-order valence-electron chi connectivity index (χ2n) is 7.82. The van der Waals surface area contributed by atoms with Gasteiger partial charge in [-0.1, -0.05) is 13.8 Å². The highest BCUT2D eigenvalue weighted by Gasteiger charge is 2.28. The van der Waals surface area contributed by atoms with E-state index in [0.717, 1.165) is 31.8 Å². The van der Waals surface area contributed by atoms with Gasteiger partial charge < -0.3 is 19.5 Å². The van der Waals surface area contributed by atoms with E-state index in [4.69, 9.17) is 4.42 Å². The third kappa shape index (κ3) is 5.50. The summed E-state index contributed by atoms with van der Waals surface area (Å²) in [6.07, 6.45) is 2.33. The number of H-pyrrole nitrogens is 1. The summed E-state index contributed by atoms with van der Waals surface area (Å²) < 4.78 is 5.57. The molecule has 164 valence electrons. The van der Waals surface area contributed by atoms with Crippen LogP contribution in [0, 0.1) is 12.8 Å². The largest absolute Gasteiger partial charge is 0.460 e. The van der Waals surface area contributed by atoms with Gasteiger partial charge in [-0.3, -0.25) is 14.7 Å². The molecule has 0 atom stereocenters. The normalized spacial score (nSPS) is 15.0. The van der Waals surface area contributed by atoms with Crippen molar-refractivity contribution in [3.8, 4) is 11.5 Å². The first-order chi connectivity index (χ1) is 14.5. The molecule has 0 bridgehead atoms. The van der Waals surface area contributed by atoms with E-state index in [0.29, 0.717) is 49.6 Å². The number of hydrogen-bond acceptors (Lipinski definition) is 5. The lowest BCUT2D eigenvalue weighted by atomic mass is 9.95. The van der Waals surface area contributed by atoms with Gasteiger partial charge in [-0.25, -0.2) is 0 Å². The summed E-state index contributed by atoms with van der Waals surface area (Å²) in [4.78, 5) is 29.3. The molecule has 3 heterocycles.